The van der Waals surface area contributed by atoms with Gasteiger partial charge in [0.05, 0.1) is 20.6 Å². The number of nitrogens with one attached hydrogen (secondary N) is 1. The second-order valence-electron chi connectivity index (χ2n) is 10.9. The van der Waals surface area contributed by atoms with Crippen LogP contribution in [0.2, 0.25) is 10.0 Å². The summed E-state index contributed by atoms with van der Waals surface area (Å²) in [4.78, 5) is 29.0. The Bertz CT molecular complexity index is 1510. The van der Waals surface area contributed by atoms with Crippen LogP contribution in [-0.2, 0) is 26.2 Å². The fourth-order valence-electron chi connectivity index (χ4n) is 5.08. The van der Waals surface area contributed by atoms with Crippen molar-refractivity contribution in [1.29, 1.82) is 0 Å². The van der Waals surface area contributed by atoms with Crippen LogP contribution >= 0.6 is 23.2 Å². The van der Waals surface area contributed by atoms with Crippen molar-refractivity contribution in [2.24, 2.45) is 0 Å². The summed E-state index contributed by atoms with van der Waals surface area (Å²) in [7, 11) is -4.24. The van der Waals surface area contributed by atoms with Crippen molar-refractivity contribution in [3.63, 3.8) is 0 Å². The third kappa shape index (κ3) is 7.65. The number of anilines is 1. The van der Waals surface area contributed by atoms with Gasteiger partial charge in [-0.15, -0.1) is 0 Å². The van der Waals surface area contributed by atoms with Gasteiger partial charge in [0.2, 0.25) is 11.8 Å². The first-order valence-electron chi connectivity index (χ1n) is 14.2. The molecular formula is C32H37Cl2N3O4S. The Morgan fingerprint density at radius 2 is 1.50 bits per heavy atom. The average molecular weight is 631 g/mol. The maximum absolute atomic E-state index is 14.1. The highest BCUT2D eigenvalue weighted by Gasteiger charge is 2.34. The zero-order valence-electron chi connectivity index (χ0n) is 24.1. The molecule has 0 aromatic heterocycles. The Kier molecular flexibility index (Phi) is 10.6. The van der Waals surface area contributed by atoms with E-state index in [1.54, 1.807) is 31.2 Å². The number of benzene rings is 3. The number of carbonyl (C=O) groups is 2. The van der Waals surface area contributed by atoms with Gasteiger partial charge in [0.15, 0.2) is 0 Å². The van der Waals surface area contributed by atoms with Crippen LogP contribution in [0.1, 0.15) is 55.7 Å². The van der Waals surface area contributed by atoms with E-state index in [1.165, 1.54) is 23.1 Å². The molecule has 42 heavy (non-hydrogen) atoms. The molecule has 3 aromatic carbocycles. The summed E-state index contributed by atoms with van der Waals surface area (Å²) in [6.45, 7) is 5.04. The monoisotopic (exact) mass is 629 g/mol. The first-order valence-corrected chi connectivity index (χ1v) is 16.4. The summed E-state index contributed by atoms with van der Waals surface area (Å²) >= 11 is 12.8. The van der Waals surface area contributed by atoms with Crippen LogP contribution in [0.25, 0.3) is 0 Å². The predicted molar refractivity (Wildman–Crippen MR) is 168 cm³/mol. The summed E-state index contributed by atoms with van der Waals surface area (Å²) in [6.07, 6.45) is 5.06. The normalized spacial score (nSPS) is 14.7. The topological polar surface area (TPSA) is 86.8 Å². The highest BCUT2D eigenvalue weighted by Crippen LogP contribution is 2.35. The van der Waals surface area contributed by atoms with Crippen LogP contribution in [0.4, 0.5) is 5.69 Å². The first kappa shape index (κ1) is 31.9. The molecule has 7 nitrogen and oxygen atoms in total. The van der Waals surface area contributed by atoms with Crippen LogP contribution in [0.5, 0.6) is 0 Å². The number of aryl methyl sites for hydroxylation is 2. The standard InChI is InChI=1S/C32H37Cl2N3O4S/c1-22-12-16-25(17-13-22)20-36(24(3)32(39)35-26-8-5-4-6-9-26)30(38)21-37(29-11-7-10-28(33)31(29)34)42(40,41)27-18-14-23(2)15-19-27/h7,10-19,24,26H,4-6,8-9,20-21H2,1-3H3,(H,35,39). The summed E-state index contributed by atoms with van der Waals surface area (Å²) in [5.41, 5.74) is 2.85. The number of hydrogen-bond acceptors (Lipinski definition) is 4. The van der Waals surface area contributed by atoms with E-state index >= 15 is 0 Å². The van der Waals surface area contributed by atoms with E-state index in [0.717, 1.165) is 53.1 Å². The predicted octanol–water partition coefficient (Wildman–Crippen LogP) is 6.67. The number of carbonyl (C=O) groups excluding carboxylic acids is 2. The van der Waals surface area contributed by atoms with Gasteiger partial charge in [0, 0.05) is 12.6 Å². The lowest BCUT2D eigenvalue weighted by molar-refractivity contribution is -0.139. The Hall–Kier alpha value is -3.07. The quantitative estimate of drug-likeness (QED) is 0.271. The number of amides is 2. The lowest BCUT2D eigenvalue weighted by atomic mass is 9.95. The molecular weight excluding hydrogens is 593 g/mol. The molecule has 0 saturated heterocycles. The smallest absolute Gasteiger partial charge is 0.264 e. The molecule has 224 valence electrons. The number of hydrogen-bond donors (Lipinski definition) is 1. The molecule has 0 bridgehead atoms. The van der Waals surface area contributed by atoms with Crippen LogP contribution in [0, 0.1) is 13.8 Å². The van der Waals surface area contributed by atoms with E-state index in [-0.39, 0.29) is 39.1 Å². The molecule has 0 radical (unpaired) electrons. The van der Waals surface area contributed by atoms with Gasteiger partial charge in [-0.1, -0.05) is 96.1 Å². The highest BCUT2D eigenvalue weighted by molar-refractivity contribution is 7.92. The Labute approximate surface area is 258 Å². The van der Waals surface area contributed by atoms with Gasteiger partial charge in [-0.25, -0.2) is 8.42 Å². The van der Waals surface area contributed by atoms with Crippen molar-refractivity contribution in [3.8, 4) is 0 Å². The second kappa shape index (κ2) is 13.9. The zero-order chi connectivity index (χ0) is 30.4. The molecule has 1 fully saturated rings. The van der Waals surface area contributed by atoms with Crippen molar-refractivity contribution in [1.82, 2.24) is 10.2 Å². The molecule has 1 aliphatic carbocycles. The number of nitrogens with zero attached hydrogens (tertiary/aromatic N) is 2. The van der Waals surface area contributed by atoms with E-state index in [9.17, 15) is 18.0 Å². The van der Waals surface area contributed by atoms with Crippen molar-refractivity contribution in [3.05, 3.63) is 93.5 Å². The molecule has 3 aromatic rings. The molecule has 1 unspecified atom stereocenters. The van der Waals surface area contributed by atoms with Gasteiger partial charge in [0.25, 0.3) is 10.0 Å². The van der Waals surface area contributed by atoms with Gasteiger partial charge in [-0.05, 0) is 63.4 Å². The zero-order valence-corrected chi connectivity index (χ0v) is 26.5. The van der Waals surface area contributed by atoms with Crippen LogP contribution in [0.15, 0.2) is 71.6 Å². The first-order chi connectivity index (χ1) is 20.0. The molecule has 1 aliphatic rings. The molecule has 4 rings (SSSR count). The molecule has 0 aliphatic heterocycles. The minimum absolute atomic E-state index is 0.00474. The SMILES string of the molecule is Cc1ccc(CN(C(=O)CN(c2cccc(Cl)c2Cl)S(=O)(=O)c2ccc(C)cc2)C(C)C(=O)NC2CCCCC2)cc1. The van der Waals surface area contributed by atoms with Crippen LogP contribution < -0.4 is 9.62 Å². The van der Waals surface area contributed by atoms with Gasteiger partial charge in [-0.3, -0.25) is 13.9 Å². The lowest BCUT2D eigenvalue weighted by Crippen LogP contribution is -2.53. The van der Waals surface area contributed by atoms with E-state index in [2.05, 4.69) is 5.32 Å². The van der Waals surface area contributed by atoms with E-state index in [4.69, 9.17) is 23.2 Å². The van der Waals surface area contributed by atoms with Crippen LogP contribution in [-0.4, -0.2) is 43.8 Å². The summed E-state index contributed by atoms with van der Waals surface area (Å²) in [5.74, 6) is -0.815. The summed E-state index contributed by atoms with van der Waals surface area (Å²) < 4.78 is 29.0. The minimum atomic E-state index is -4.24. The molecule has 2 amide bonds. The molecule has 0 spiro atoms. The number of rotatable bonds is 10. The average Bonchev–Trinajstić information content (AvgIpc) is 2.97. The van der Waals surface area contributed by atoms with Crippen molar-refractivity contribution < 1.29 is 18.0 Å². The van der Waals surface area contributed by atoms with Crippen molar-refractivity contribution >= 4 is 50.7 Å². The van der Waals surface area contributed by atoms with Gasteiger partial charge in [0.1, 0.15) is 12.6 Å². The molecule has 1 N–H and O–H groups in total. The van der Waals surface area contributed by atoms with Gasteiger partial charge >= 0.3 is 0 Å². The minimum Gasteiger partial charge on any atom is -0.352 e. The lowest BCUT2D eigenvalue weighted by Gasteiger charge is -2.33. The highest BCUT2D eigenvalue weighted by atomic mass is 35.5. The van der Waals surface area contributed by atoms with Crippen LogP contribution in [0.3, 0.4) is 0 Å². The third-order valence-electron chi connectivity index (χ3n) is 7.68. The summed E-state index contributed by atoms with van der Waals surface area (Å²) in [6, 6.07) is 17.9. The molecule has 1 atom stereocenters. The molecule has 0 heterocycles. The Morgan fingerprint density at radius 1 is 0.905 bits per heavy atom. The number of halogens is 2. The Morgan fingerprint density at radius 3 is 2.12 bits per heavy atom. The maximum atomic E-state index is 14.1. The van der Waals surface area contributed by atoms with Gasteiger partial charge in [-0.2, -0.15) is 0 Å². The maximum Gasteiger partial charge on any atom is 0.264 e. The molecule has 10 heteroatoms. The Balaban J connectivity index is 1.70. The van der Waals surface area contributed by atoms with E-state index < -0.39 is 28.5 Å². The second-order valence-corrected chi connectivity index (χ2v) is 13.6. The van der Waals surface area contributed by atoms with Gasteiger partial charge < -0.3 is 10.2 Å². The number of sulfonamides is 1. The largest absolute Gasteiger partial charge is 0.352 e. The van der Waals surface area contributed by atoms with Crippen molar-refractivity contribution in [2.45, 2.75) is 76.4 Å². The summed E-state index contributed by atoms with van der Waals surface area (Å²) in [5, 5.41) is 3.27. The molecule has 1 saturated carbocycles. The van der Waals surface area contributed by atoms with E-state index in [1.807, 2.05) is 38.1 Å². The fourth-order valence-corrected chi connectivity index (χ4v) is 6.95. The third-order valence-corrected chi connectivity index (χ3v) is 10.3. The van der Waals surface area contributed by atoms with E-state index in [0.29, 0.717) is 0 Å². The fraction of sp³-hybridized carbons (Fsp3) is 0.375. The van der Waals surface area contributed by atoms with Crippen molar-refractivity contribution in [2.75, 3.05) is 10.8 Å².